The third kappa shape index (κ3) is 3.69. The molecule has 1 heterocycles. The van der Waals surface area contributed by atoms with Gasteiger partial charge in [-0.2, -0.15) is 4.98 Å². The van der Waals surface area contributed by atoms with E-state index in [4.69, 9.17) is 16.3 Å². The Morgan fingerprint density at radius 3 is 2.67 bits per heavy atom. The van der Waals surface area contributed by atoms with Crippen molar-refractivity contribution in [2.45, 2.75) is 0 Å². The standard InChI is InChI=1S/C14H14ClN5O4/c1-19(2)12-11(7-16-14(18-12)24-3)17-13(21)9-5-4-8(20(22)23)6-10(9)15/h4-7H,1-3H3,(H,17,21). The van der Waals surface area contributed by atoms with Gasteiger partial charge in [0.15, 0.2) is 5.82 Å². The molecule has 1 N–H and O–H groups in total. The maximum Gasteiger partial charge on any atom is 0.318 e. The van der Waals surface area contributed by atoms with Crippen molar-refractivity contribution >= 4 is 34.7 Å². The SMILES string of the molecule is COc1ncc(NC(=O)c2ccc([N+](=O)[O-])cc2Cl)c(N(C)C)n1. The number of rotatable bonds is 5. The molecule has 0 bridgehead atoms. The molecule has 24 heavy (non-hydrogen) atoms. The summed E-state index contributed by atoms with van der Waals surface area (Å²) in [5.41, 5.74) is 0.251. The van der Waals surface area contributed by atoms with Gasteiger partial charge in [0.2, 0.25) is 0 Å². The molecule has 9 nitrogen and oxygen atoms in total. The summed E-state index contributed by atoms with van der Waals surface area (Å²) in [6.45, 7) is 0. The summed E-state index contributed by atoms with van der Waals surface area (Å²) < 4.78 is 4.96. The molecular weight excluding hydrogens is 338 g/mol. The van der Waals surface area contributed by atoms with Gasteiger partial charge in [0.05, 0.1) is 28.8 Å². The Hall–Kier alpha value is -2.94. The summed E-state index contributed by atoms with van der Waals surface area (Å²) in [5.74, 6) is -0.0972. The van der Waals surface area contributed by atoms with Crippen LogP contribution in [0.15, 0.2) is 24.4 Å². The van der Waals surface area contributed by atoms with Gasteiger partial charge in [0.25, 0.3) is 11.6 Å². The van der Waals surface area contributed by atoms with E-state index in [1.54, 1.807) is 19.0 Å². The molecule has 0 saturated heterocycles. The summed E-state index contributed by atoms with van der Waals surface area (Å²) in [6.07, 6.45) is 1.40. The van der Waals surface area contributed by atoms with Crippen LogP contribution in [0.25, 0.3) is 0 Å². The molecule has 10 heteroatoms. The quantitative estimate of drug-likeness (QED) is 0.650. The molecule has 126 valence electrons. The average Bonchev–Trinajstić information content (AvgIpc) is 2.54. The Morgan fingerprint density at radius 1 is 1.42 bits per heavy atom. The van der Waals surface area contributed by atoms with Crippen molar-refractivity contribution in [3.05, 3.63) is 45.1 Å². The number of nitrogens with one attached hydrogen (secondary N) is 1. The number of benzene rings is 1. The zero-order valence-corrected chi connectivity index (χ0v) is 13.9. The molecule has 1 aromatic heterocycles. The average molecular weight is 352 g/mol. The molecule has 0 radical (unpaired) electrons. The van der Waals surface area contributed by atoms with Crippen molar-refractivity contribution < 1.29 is 14.5 Å². The predicted molar refractivity (Wildman–Crippen MR) is 89.0 cm³/mol. The van der Waals surface area contributed by atoms with E-state index < -0.39 is 10.8 Å². The maximum atomic E-state index is 12.4. The number of anilines is 2. The molecule has 1 amide bonds. The number of aromatic nitrogens is 2. The fraction of sp³-hybridized carbons (Fsp3) is 0.214. The topological polar surface area (TPSA) is 110 Å². The van der Waals surface area contributed by atoms with Crippen LogP contribution in [0.4, 0.5) is 17.2 Å². The van der Waals surface area contributed by atoms with E-state index in [0.717, 1.165) is 6.07 Å². The normalized spacial score (nSPS) is 10.2. The van der Waals surface area contributed by atoms with Crippen molar-refractivity contribution in [2.75, 3.05) is 31.4 Å². The summed E-state index contributed by atoms with van der Waals surface area (Å²) >= 11 is 5.96. The molecular formula is C14H14ClN5O4. The van der Waals surface area contributed by atoms with Crippen molar-refractivity contribution in [2.24, 2.45) is 0 Å². The summed E-state index contributed by atoms with van der Waals surface area (Å²) in [5, 5.41) is 13.3. The van der Waals surface area contributed by atoms with Crippen molar-refractivity contribution in [3.63, 3.8) is 0 Å². The first-order valence-corrected chi connectivity index (χ1v) is 7.05. The molecule has 0 fully saturated rings. The Morgan fingerprint density at radius 2 is 2.12 bits per heavy atom. The first kappa shape index (κ1) is 17.4. The first-order chi connectivity index (χ1) is 11.3. The number of nitrogens with zero attached hydrogens (tertiary/aromatic N) is 4. The Labute approximate surface area is 142 Å². The highest BCUT2D eigenvalue weighted by molar-refractivity contribution is 6.34. The molecule has 0 aliphatic heterocycles. The summed E-state index contributed by atoms with van der Waals surface area (Å²) in [6, 6.07) is 3.77. The second-order valence-corrected chi connectivity index (χ2v) is 5.27. The molecule has 0 aliphatic carbocycles. The molecule has 0 aliphatic rings. The molecule has 0 atom stereocenters. The lowest BCUT2D eigenvalue weighted by Gasteiger charge is -2.17. The van der Waals surface area contributed by atoms with E-state index in [0.29, 0.717) is 11.5 Å². The van der Waals surface area contributed by atoms with Crippen molar-refractivity contribution in [1.29, 1.82) is 0 Å². The number of nitro benzene ring substituents is 1. The van der Waals surface area contributed by atoms with Crippen LogP contribution >= 0.6 is 11.6 Å². The number of ether oxygens (including phenoxy) is 1. The Bertz CT molecular complexity index is 797. The number of halogens is 1. The number of hydrogen-bond donors (Lipinski definition) is 1. The fourth-order valence-corrected chi connectivity index (χ4v) is 2.14. The van der Waals surface area contributed by atoms with Gasteiger partial charge in [-0.05, 0) is 6.07 Å². The van der Waals surface area contributed by atoms with Gasteiger partial charge in [0, 0.05) is 26.2 Å². The van der Waals surface area contributed by atoms with Crippen LogP contribution in [0.5, 0.6) is 6.01 Å². The highest BCUT2D eigenvalue weighted by Crippen LogP contribution is 2.26. The van der Waals surface area contributed by atoms with Gasteiger partial charge in [-0.25, -0.2) is 4.98 Å². The fourth-order valence-electron chi connectivity index (χ4n) is 1.88. The Balaban J connectivity index is 2.31. The second kappa shape index (κ2) is 7.09. The highest BCUT2D eigenvalue weighted by Gasteiger charge is 2.18. The minimum absolute atomic E-state index is 0.0254. The minimum atomic E-state index is -0.588. The number of carbonyl (C=O) groups is 1. The van der Waals surface area contributed by atoms with E-state index in [1.807, 2.05) is 0 Å². The van der Waals surface area contributed by atoms with Gasteiger partial charge < -0.3 is 15.0 Å². The van der Waals surface area contributed by atoms with Crippen LogP contribution < -0.4 is 15.0 Å². The van der Waals surface area contributed by atoms with Crippen LogP contribution in [-0.4, -0.2) is 42.0 Å². The summed E-state index contributed by atoms with van der Waals surface area (Å²) in [7, 11) is 4.93. The van der Waals surface area contributed by atoms with Gasteiger partial charge in [0.1, 0.15) is 5.69 Å². The zero-order valence-electron chi connectivity index (χ0n) is 13.1. The number of amides is 1. The van der Waals surface area contributed by atoms with Gasteiger partial charge in [-0.3, -0.25) is 14.9 Å². The van der Waals surface area contributed by atoms with E-state index in [2.05, 4.69) is 15.3 Å². The monoisotopic (exact) mass is 351 g/mol. The van der Waals surface area contributed by atoms with E-state index >= 15 is 0 Å². The number of nitro groups is 1. The number of methoxy groups -OCH3 is 1. The van der Waals surface area contributed by atoms with Gasteiger partial charge >= 0.3 is 6.01 Å². The number of hydrogen-bond acceptors (Lipinski definition) is 7. The number of carbonyl (C=O) groups excluding carboxylic acids is 1. The van der Waals surface area contributed by atoms with E-state index in [1.165, 1.54) is 25.4 Å². The minimum Gasteiger partial charge on any atom is -0.467 e. The van der Waals surface area contributed by atoms with Crippen LogP contribution in [0.2, 0.25) is 5.02 Å². The smallest absolute Gasteiger partial charge is 0.318 e. The lowest BCUT2D eigenvalue weighted by molar-refractivity contribution is -0.384. The van der Waals surface area contributed by atoms with Crippen LogP contribution in [0.1, 0.15) is 10.4 Å². The number of non-ortho nitro benzene ring substituents is 1. The van der Waals surface area contributed by atoms with E-state index in [-0.39, 0.29) is 22.3 Å². The molecule has 0 spiro atoms. The van der Waals surface area contributed by atoms with Gasteiger partial charge in [-0.1, -0.05) is 11.6 Å². The van der Waals surface area contributed by atoms with Crippen LogP contribution in [0, 0.1) is 10.1 Å². The van der Waals surface area contributed by atoms with Crippen LogP contribution in [-0.2, 0) is 0 Å². The van der Waals surface area contributed by atoms with Crippen LogP contribution in [0.3, 0.4) is 0 Å². The van der Waals surface area contributed by atoms with Crippen molar-refractivity contribution in [3.8, 4) is 6.01 Å². The molecule has 0 unspecified atom stereocenters. The molecule has 2 rings (SSSR count). The third-order valence-corrected chi connectivity index (χ3v) is 3.32. The van der Waals surface area contributed by atoms with Crippen molar-refractivity contribution in [1.82, 2.24) is 9.97 Å². The highest BCUT2D eigenvalue weighted by atomic mass is 35.5. The van der Waals surface area contributed by atoms with Gasteiger partial charge in [-0.15, -0.1) is 0 Å². The lowest BCUT2D eigenvalue weighted by atomic mass is 10.2. The zero-order chi connectivity index (χ0) is 17.9. The van der Waals surface area contributed by atoms with E-state index in [9.17, 15) is 14.9 Å². The second-order valence-electron chi connectivity index (χ2n) is 4.86. The first-order valence-electron chi connectivity index (χ1n) is 6.67. The summed E-state index contributed by atoms with van der Waals surface area (Å²) in [4.78, 5) is 32.3. The molecule has 2 aromatic rings. The predicted octanol–water partition coefficient (Wildman–Crippen LogP) is 2.37. The third-order valence-electron chi connectivity index (χ3n) is 3.01. The lowest BCUT2D eigenvalue weighted by Crippen LogP contribution is -2.19. The molecule has 1 aromatic carbocycles. The maximum absolute atomic E-state index is 12.4. The molecule has 0 saturated carbocycles. The Kier molecular flexibility index (Phi) is 5.14. The largest absolute Gasteiger partial charge is 0.467 e.